The van der Waals surface area contributed by atoms with Gasteiger partial charge in [0, 0.05) is 19.8 Å². The lowest BCUT2D eigenvalue weighted by molar-refractivity contribution is 0.0779. The molecule has 0 N–H and O–H groups in total. The van der Waals surface area contributed by atoms with Crippen molar-refractivity contribution in [1.82, 2.24) is 14.9 Å². The average Bonchev–Trinajstić information content (AvgIpc) is 2.41. The smallest absolute Gasteiger partial charge is 0.274 e. The normalized spacial score (nSPS) is 10.3. The number of aromatic nitrogens is 2. The van der Waals surface area contributed by atoms with Crippen molar-refractivity contribution in [3.8, 4) is 0 Å². The Morgan fingerprint density at radius 2 is 1.89 bits per heavy atom. The van der Waals surface area contributed by atoms with Crippen molar-refractivity contribution in [3.63, 3.8) is 0 Å². The first kappa shape index (κ1) is 13.1. The van der Waals surface area contributed by atoms with Gasteiger partial charge in [-0.05, 0) is 24.6 Å². The number of carbonyl (C=O) groups is 1. The summed E-state index contributed by atoms with van der Waals surface area (Å²) in [6.07, 6.45) is 3.01. The number of hydrogen-bond donors (Lipinski definition) is 0. The first-order valence-corrected chi connectivity index (χ1v) is 5.85. The second-order valence-electron chi connectivity index (χ2n) is 4.33. The van der Waals surface area contributed by atoms with Crippen molar-refractivity contribution >= 4 is 5.91 Å². The molecule has 2 aromatic rings. The summed E-state index contributed by atoms with van der Waals surface area (Å²) in [5.74, 6) is -0.501. The van der Waals surface area contributed by atoms with E-state index in [1.54, 1.807) is 25.4 Å². The molecule has 0 fully saturated rings. The van der Waals surface area contributed by atoms with Crippen LogP contribution in [-0.2, 0) is 6.54 Å². The third kappa shape index (κ3) is 3.34. The first-order chi connectivity index (χ1) is 9.06. The molecule has 1 amide bonds. The molecule has 1 aromatic carbocycles. The van der Waals surface area contributed by atoms with Crippen LogP contribution in [0.1, 0.15) is 21.7 Å². The van der Waals surface area contributed by atoms with E-state index in [2.05, 4.69) is 9.97 Å². The van der Waals surface area contributed by atoms with Gasteiger partial charge in [-0.25, -0.2) is 9.37 Å². The van der Waals surface area contributed by atoms with E-state index >= 15 is 0 Å². The van der Waals surface area contributed by atoms with Gasteiger partial charge in [0.15, 0.2) is 0 Å². The van der Waals surface area contributed by atoms with Crippen LogP contribution >= 0.6 is 0 Å². The maximum atomic E-state index is 12.8. The topological polar surface area (TPSA) is 46.1 Å². The minimum Gasteiger partial charge on any atom is -0.336 e. The second kappa shape index (κ2) is 5.56. The van der Waals surface area contributed by atoms with Crippen LogP contribution in [-0.4, -0.2) is 27.8 Å². The fourth-order valence-electron chi connectivity index (χ4n) is 1.63. The Kier molecular flexibility index (Phi) is 3.85. The maximum Gasteiger partial charge on any atom is 0.274 e. The summed E-state index contributed by atoms with van der Waals surface area (Å²) in [6.45, 7) is 2.21. The predicted octanol–water partition coefficient (Wildman–Crippen LogP) is 2.20. The van der Waals surface area contributed by atoms with E-state index in [9.17, 15) is 9.18 Å². The van der Waals surface area contributed by atoms with E-state index in [-0.39, 0.29) is 11.7 Å². The summed E-state index contributed by atoms with van der Waals surface area (Å²) in [5.41, 5.74) is 1.92. The number of nitrogens with zero attached hydrogens (tertiary/aromatic N) is 3. The molecule has 19 heavy (non-hydrogen) atoms. The average molecular weight is 259 g/mol. The Labute approximate surface area is 110 Å². The molecule has 0 atom stereocenters. The third-order valence-corrected chi connectivity index (χ3v) is 2.68. The van der Waals surface area contributed by atoms with E-state index in [1.165, 1.54) is 23.2 Å². The number of rotatable bonds is 3. The third-order valence-electron chi connectivity index (χ3n) is 2.68. The Balaban J connectivity index is 2.07. The summed E-state index contributed by atoms with van der Waals surface area (Å²) in [6, 6.07) is 6.05. The van der Waals surface area contributed by atoms with E-state index in [1.807, 2.05) is 6.92 Å². The number of carbonyl (C=O) groups excluding carboxylic acids is 1. The molecule has 0 aliphatic rings. The first-order valence-electron chi connectivity index (χ1n) is 5.85. The monoisotopic (exact) mass is 259 g/mol. The van der Waals surface area contributed by atoms with Gasteiger partial charge in [0.25, 0.3) is 5.91 Å². The van der Waals surface area contributed by atoms with Gasteiger partial charge >= 0.3 is 0 Å². The molecule has 1 heterocycles. The molecule has 0 saturated carbocycles. The summed E-state index contributed by atoms with van der Waals surface area (Å²) < 4.78 is 12.8. The largest absolute Gasteiger partial charge is 0.336 e. The van der Waals surface area contributed by atoms with Crippen LogP contribution in [0, 0.1) is 12.7 Å². The van der Waals surface area contributed by atoms with Gasteiger partial charge in [0.05, 0.1) is 11.9 Å². The Morgan fingerprint density at radius 1 is 1.21 bits per heavy atom. The van der Waals surface area contributed by atoms with Crippen LogP contribution in [0.4, 0.5) is 4.39 Å². The summed E-state index contributed by atoms with van der Waals surface area (Å²) >= 11 is 0. The van der Waals surface area contributed by atoms with Gasteiger partial charge in [0.2, 0.25) is 0 Å². The van der Waals surface area contributed by atoms with Crippen molar-refractivity contribution in [1.29, 1.82) is 0 Å². The van der Waals surface area contributed by atoms with Crippen LogP contribution in [0.5, 0.6) is 0 Å². The van der Waals surface area contributed by atoms with Crippen LogP contribution < -0.4 is 0 Å². The van der Waals surface area contributed by atoms with Crippen molar-refractivity contribution in [3.05, 3.63) is 59.4 Å². The van der Waals surface area contributed by atoms with Crippen LogP contribution in [0.15, 0.2) is 36.7 Å². The molecule has 2 rings (SSSR count). The standard InChI is InChI=1S/C14H14FN3O/c1-10-7-17-13(8-16-10)14(19)18(2)9-11-3-5-12(15)6-4-11/h3-8H,9H2,1-2H3. The molecule has 0 radical (unpaired) electrons. The van der Waals surface area contributed by atoms with Gasteiger partial charge in [-0.1, -0.05) is 12.1 Å². The van der Waals surface area contributed by atoms with Crippen molar-refractivity contribution in [2.75, 3.05) is 7.05 Å². The van der Waals surface area contributed by atoms with E-state index in [0.717, 1.165) is 11.3 Å². The fraction of sp³-hybridized carbons (Fsp3) is 0.214. The number of aryl methyl sites for hydroxylation is 1. The number of hydrogen-bond acceptors (Lipinski definition) is 3. The summed E-state index contributed by atoms with van der Waals surface area (Å²) in [4.78, 5) is 21.7. The van der Waals surface area contributed by atoms with Crippen LogP contribution in [0.2, 0.25) is 0 Å². The van der Waals surface area contributed by atoms with Crippen molar-refractivity contribution < 1.29 is 9.18 Å². The molecule has 0 spiro atoms. The zero-order valence-electron chi connectivity index (χ0n) is 10.8. The molecule has 0 saturated heterocycles. The van der Waals surface area contributed by atoms with E-state index < -0.39 is 0 Å². The summed E-state index contributed by atoms with van der Waals surface area (Å²) in [5, 5.41) is 0. The molecule has 4 nitrogen and oxygen atoms in total. The van der Waals surface area contributed by atoms with Gasteiger partial charge in [-0.2, -0.15) is 0 Å². The predicted molar refractivity (Wildman–Crippen MR) is 69.0 cm³/mol. The highest BCUT2D eigenvalue weighted by Gasteiger charge is 2.13. The molecule has 5 heteroatoms. The van der Waals surface area contributed by atoms with Gasteiger partial charge in [-0.15, -0.1) is 0 Å². The quantitative estimate of drug-likeness (QED) is 0.848. The van der Waals surface area contributed by atoms with E-state index in [0.29, 0.717) is 12.2 Å². The summed E-state index contributed by atoms with van der Waals surface area (Å²) in [7, 11) is 1.67. The molecule has 98 valence electrons. The lowest BCUT2D eigenvalue weighted by Gasteiger charge is -2.16. The molecule has 0 unspecified atom stereocenters. The highest BCUT2D eigenvalue weighted by Crippen LogP contribution is 2.08. The maximum absolute atomic E-state index is 12.8. The van der Waals surface area contributed by atoms with Gasteiger partial charge in [-0.3, -0.25) is 9.78 Å². The molecular weight excluding hydrogens is 245 g/mol. The zero-order valence-corrected chi connectivity index (χ0v) is 10.8. The minimum atomic E-state index is -0.290. The number of halogens is 1. The molecule has 1 aromatic heterocycles. The van der Waals surface area contributed by atoms with Gasteiger partial charge in [0.1, 0.15) is 11.5 Å². The molecule has 0 aliphatic carbocycles. The van der Waals surface area contributed by atoms with Crippen LogP contribution in [0.25, 0.3) is 0 Å². The lowest BCUT2D eigenvalue weighted by atomic mass is 10.2. The Hall–Kier alpha value is -2.30. The Bertz CT molecular complexity index is 566. The number of amides is 1. The fourth-order valence-corrected chi connectivity index (χ4v) is 1.63. The van der Waals surface area contributed by atoms with Crippen molar-refractivity contribution in [2.24, 2.45) is 0 Å². The minimum absolute atomic E-state index is 0.211. The second-order valence-corrected chi connectivity index (χ2v) is 4.33. The van der Waals surface area contributed by atoms with Gasteiger partial charge < -0.3 is 4.90 Å². The van der Waals surface area contributed by atoms with E-state index in [4.69, 9.17) is 0 Å². The molecular formula is C14H14FN3O. The SMILES string of the molecule is Cc1cnc(C(=O)N(C)Cc2ccc(F)cc2)cn1. The molecule has 0 aliphatic heterocycles. The van der Waals surface area contributed by atoms with Crippen molar-refractivity contribution in [2.45, 2.75) is 13.5 Å². The lowest BCUT2D eigenvalue weighted by Crippen LogP contribution is -2.27. The highest BCUT2D eigenvalue weighted by atomic mass is 19.1. The zero-order chi connectivity index (χ0) is 13.8. The van der Waals surface area contributed by atoms with Crippen LogP contribution in [0.3, 0.4) is 0 Å². The molecule has 0 bridgehead atoms. The Morgan fingerprint density at radius 3 is 2.47 bits per heavy atom. The highest BCUT2D eigenvalue weighted by molar-refractivity contribution is 5.91. The number of benzene rings is 1.